The summed E-state index contributed by atoms with van der Waals surface area (Å²) in [5, 5.41) is 4.72. The molecule has 4 aromatic heterocycles. The van der Waals surface area contributed by atoms with Crippen molar-refractivity contribution in [3.05, 3.63) is 170 Å². The van der Waals surface area contributed by atoms with Gasteiger partial charge in [0.15, 0.2) is 0 Å². The lowest BCUT2D eigenvalue weighted by atomic mass is 9.97. The summed E-state index contributed by atoms with van der Waals surface area (Å²) >= 11 is 0. The maximum absolute atomic E-state index is 5.14. The lowest BCUT2D eigenvalue weighted by Gasteiger charge is -2.13. The highest BCUT2D eigenvalue weighted by atomic mass is 15.0. The Labute approximate surface area is 272 Å². The van der Waals surface area contributed by atoms with E-state index < -0.39 is 0 Å². The van der Waals surface area contributed by atoms with Gasteiger partial charge in [0.2, 0.25) is 0 Å². The fourth-order valence-electron chi connectivity index (χ4n) is 6.74. The fourth-order valence-corrected chi connectivity index (χ4v) is 6.74. The highest BCUT2D eigenvalue weighted by Gasteiger charge is 2.17. The summed E-state index contributed by atoms with van der Waals surface area (Å²) in [5.41, 5.74) is 11.4. The highest BCUT2D eigenvalue weighted by Crippen LogP contribution is 2.38. The van der Waals surface area contributed by atoms with E-state index >= 15 is 0 Å². The maximum atomic E-state index is 5.14. The van der Waals surface area contributed by atoms with Crippen molar-refractivity contribution in [2.24, 2.45) is 0 Å². The largest absolute Gasteiger partial charge is 0.309 e. The van der Waals surface area contributed by atoms with Gasteiger partial charge >= 0.3 is 0 Å². The first-order valence-electron chi connectivity index (χ1n) is 15.8. The van der Waals surface area contributed by atoms with Crippen LogP contribution >= 0.6 is 0 Å². The van der Waals surface area contributed by atoms with Crippen LogP contribution in [0.4, 0.5) is 0 Å². The van der Waals surface area contributed by atoms with Gasteiger partial charge in [-0.2, -0.15) is 0 Å². The van der Waals surface area contributed by atoms with E-state index in [-0.39, 0.29) is 0 Å². The van der Waals surface area contributed by atoms with Crippen LogP contribution in [0.25, 0.3) is 83.3 Å². The zero-order valence-electron chi connectivity index (χ0n) is 25.5. The van der Waals surface area contributed by atoms with Crippen molar-refractivity contribution in [2.45, 2.75) is 0 Å². The summed E-state index contributed by atoms with van der Waals surface area (Å²) in [6, 6.07) is 55.2. The molecule has 0 saturated heterocycles. The number of pyridine rings is 3. The molecule has 0 radical (unpaired) electrons. The topological polar surface area (TPSA) is 43.6 Å². The van der Waals surface area contributed by atoms with E-state index in [0.29, 0.717) is 0 Å². The summed E-state index contributed by atoms with van der Waals surface area (Å²) in [4.78, 5) is 14.6. The molecule has 0 bridgehead atoms. The van der Waals surface area contributed by atoms with E-state index in [1.807, 2.05) is 36.7 Å². The number of hydrogen-bond acceptors (Lipinski definition) is 3. The van der Waals surface area contributed by atoms with Crippen LogP contribution in [0.5, 0.6) is 0 Å². The second-order valence-corrected chi connectivity index (χ2v) is 11.7. The van der Waals surface area contributed by atoms with Gasteiger partial charge in [0.1, 0.15) is 0 Å². The Bertz CT molecular complexity index is 2550. The maximum Gasteiger partial charge on any atom is 0.0899 e. The quantitative estimate of drug-likeness (QED) is 0.197. The Morgan fingerprint density at radius 2 is 1.17 bits per heavy atom. The SMILES string of the molecule is c1ccc(-c2nccc3c2c2ccccc2n3-c2ccc(-c3cc(-c4ccccn4)nc(-c4cccc5ccccc45)c3)cc2)cc1. The number of rotatable bonds is 5. The van der Waals surface area contributed by atoms with Crippen LogP contribution in [0.1, 0.15) is 0 Å². The van der Waals surface area contributed by atoms with Gasteiger partial charge in [0.05, 0.1) is 33.8 Å². The molecule has 4 heterocycles. The molecule has 5 aromatic carbocycles. The molecule has 4 heteroatoms. The lowest BCUT2D eigenvalue weighted by molar-refractivity contribution is 1.17. The molecule has 0 fully saturated rings. The van der Waals surface area contributed by atoms with E-state index in [4.69, 9.17) is 9.97 Å². The Hall–Kier alpha value is -6.39. The molecule has 9 rings (SSSR count). The molecular weight excluding hydrogens is 573 g/mol. The first kappa shape index (κ1) is 27.0. The molecule has 0 amide bonds. The van der Waals surface area contributed by atoms with Gasteiger partial charge in [-0.15, -0.1) is 0 Å². The molecule has 4 nitrogen and oxygen atoms in total. The number of aromatic nitrogens is 4. The first-order chi connectivity index (χ1) is 23.3. The number of fused-ring (bicyclic) bond motifs is 4. The van der Waals surface area contributed by atoms with Crippen LogP contribution in [0.2, 0.25) is 0 Å². The van der Waals surface area contributed by atoms with Gasteiger partial charge in [0.25, 0.3) is 0 Å². The normalized spacial score (nSPS) is 11.4. The first-order valence-corrected chi connectivity index (χ1v) is 15.8. The van der Waals surface area contributed by atoms with Crippen molar-refractivity contribution in [2.75, 3.05) is 0 Å². The molecule has 220 valence electrons. The third-order valence-corrected chi connectivity index (χ3v) is 8.91. The zero-order chi connectivity index (χ0) is 31.2. The van der Waals surface area contributed by atoms with Crippen molar-refractivity contribution in [3.63, 3.8) is 0 Å². The van der Waals surface area contributed by atoms with Crippen LogP contribution in [-0.2, 0) is 0 Å². The average Bonchev–Trinajstić information content (AvgIpc) is 3.50. The van der Waals surface area contributed by atoms with Gasteiger partial charge in [-0.25, -0.2) is 4.98 Å². The molecule has 0 atom stereocenters. The van der Waals surface area contributed by atoms with E-state index in [1.165, 1.54) is 16.2 Å². The van der Waals surface area contributed by atoms with Crippen molar-refractivity contribution in [3.8, 4) is 50.7 Å². The van der Waals surface area contributed by atoms with Gasteiger partial charge in [-0.05, 0) is 70.4 Å². The summed E-state index contributed by atoms with van der Waals surface area (Å²) in [6.45, 7) is 0. The summed E-state index contributed by atoms with van der Waals surface area (Å²) in [7, 11) is 0. The van der Waals surface area contributed by atoms with Crippen LogP contribution in [0.15, 0.2) is 170 Å². The molecule has 0 aliphatic heterocycles. The Balaban J connectivity index is 1.20. The second kappa shape index (κ2) is 11.2. The molecule has 0 spiro atoms. The molecule has 0 aliphatic carbocycles. The predicted octanol–water partition coefficient (Wildman–Crippen LogP) is 10.8. The molecular formula is C43H28N4. The van der Waals surface area contributed by atoms with Gasteiger partial charge in [0, 0.05) is 40.0 Å². The highest BCUT2D eigenvalue weighted by molar-refractivity contribution is 6.14. The van der Waals surface area contributed by atoms with Crippen molar-refractivity contribution in [1.29, 1.82) is 0 Å². The Kier molecular flexibility index (Phi) is 6.43. The molecule has 47 heavy (non-hydrogen) atoms. The third kappa shape index (κ3) is 4.66. The van der Waals surface area contributed by atoms with Crippen molar-refractivity contribution >= 4 is 32.6 Å². The van der Waals surface area contributed by atoms with Crippen molar-refractivity contribution in [1.82, 2.24) is 19.5 Å². The predicted molar refractivity (Wildman–Crippen MR) is 193 cm³/mol. The minimum absolute atomic E-state index is 0.846. The number of hydrogen-bond donors (Lipinski definition) is 0. The molecule has 0 N–H and O–H groups in total. The van der Waals surface area contributed by atoms with Crippen LogP contribution in [0.3, 0.4) is 0 Å². The smallest absolute Gasteiger partial charge is 0.0899 e. The third-order valence-electron chi connectivity index (χ3n) is 8.91. The minimum Gasteiger partial charge on any atom is -0.309 e. The van der Waals surface area contributed by atoms with Gasteiger partial charge in [-0.3, -0.25) is 9.97 Å². The molecule has 9 aromatic rings. The monoisotopic (exact) mass is 600 g/mol. The van der Waals surface area contributed by atoms with Gasteiger partial charge in [-0.1, -0.05) is 109 Å². The Morgan fingerprint density at radius 3 is 2.02 bits per heavy atom. The molecule has 0 aliphatic rings. The summed E-state index contributed by atoms with van der Waals surface area (Å²) < 4.78 is 2.34. The lowest BCUT2D eigenvalue weighted by Crippen LogP contribution is -1.95. The number of benzene rings is 5. The number of para-hydroxylation sites is 1. The zero-order valence-corrected chi connectivity index (χ0v) is 25.5. The average molecular weight is 601 g/mol. The second-order valence-electron chi connectivity index (χ2n) is 11.7. The fraction of sp³-hybridized carbons (Fsp3) is 0. The van der Waals surface area contributed by atoms with Crippen LogP contribution in [-0.4, -0.2) is 19.5 Å². The van der Waals surface area contributed by atoms with E-state index in [2.05, 4.69) is 143 Å². The number of nitrogens with zero attached hydrogens (tertiary/aromatic N) is 4. The van der Waals surface area contributed by atoms with Gasteiger partial charge < -0.3 is 4.57 Å². The van der Waals surface area contributed by atoms with Crippen LogP contribution in [0, 0.1) is 0 Å². The summed E-state index contributed by atoms with van der Waals surface area (Å²) in [6.07, 6.45) is 3.74. The van der Waals surface area contributed by atoms with Crippen molar-refractivity contribution < 1.29 is 0 Å². The molecule has 0 unspecified atom stereocenters. The van der Waals surface area contributed by atoms with Crippen LogP contribution < -0.4 is 0 Å². The van der Waals surface area contributed by atoms with E-state index in [9.17, 15) is 0 Å². The molecule has 0 saturated carbocycles. The minimum atomic E-state index is 0.846. The van der Waals surface area contributed by atoms with E-state index in [0.717, 1.165) is 67.1 Å². The Morgan fingerprint density at radius 1 is 0.426 bits per heavy atom. The van der Waals surface area contributed by atoms with E-state index in [1.54, 1.807) is 0 Å². The summed E-state index contributed by atoms with van der Waals surface area (Å²) in [5.74, 6) is 0. The standard InChI is InChI=1S/C43H28N4/c1-2-12-31(13-3-1)43-42-36-16-6-7-19-40(36)47(41(42)24-26-45-43)33-22-20-29(21-23-33)32-27-38(46-39(28-32)37-18-8-9-25-44-37)35-17-10-14-30-11-4-5-15-34(30)35/h1-28H.